The van der Waals surface area contributed by atoms with Crippen LogP contribution in [-0.2, 0) is 44.6 Å². The maximum Gasteiger partial charge on any atom is 1.00 e. The number of thiophene rings is 2. The predicted molar refractivity (Wildman–Crippen MR) is 193 cm³/mol. The molecule has 0 saturated heterocycles. The van der Waals surface area contributed by atoms with Gasteiger partial charge in [-0.1, -0.05) is 13.0 Å². The van der Waals surface area contributed by atoms with Crippen LogP contribution in [0.25, 0.3) is 10.2 Å². The number of esters is 2. The molecule has 3 heterocycles. The van der Waals surface area contributed by atoms with E-state index in [1.54, 1.807) is 26.1 Å². The normalized spacial score (nSPS) is 10.2. The van der Waals surface area contributed by atoms with Crippen LogP contribution in [0.1, 0.15) is 75.7 Å². The third-order valence-electron chi connectivity index (χ3n) is 4.77. The number of fused-ring (bicyclic) bond motifs is 1. The third kappa shape index (κ3) is 24.9. The molecule has 13 nitrogen and oxygen atoms in total. The van der Waals surface area contributed by atoms with Gasteiger partial charge in [0, 0.05) is 21.2 Å². The minimum atomic E-state index is -0.563. The Hall–Kier alpha value is -0.207. The Labute approximate surface area is 401 Å². The number of allylic oxidation sites excluding steroid dienone is 1. The number of carbonyl (C=O) groups excluding carboxylic acids is 5. The van der Waals surface area contributed by atoms with Crippen LogP contribution in [0.4, 0.5) is 14.6 Å². The fourth-order valence-electron chi connectivity index (χ4n) is 3.16. The number of amides is 1. The van der Waals surface area contributed by atoms with E-state index in [4.69, 9.17) is 24.3 Å². The maximum atomic E-state index is 12.2. The molecule has 0 fully saturated rings. The van der Waals surface area contributed by atoms with Crippen LogP contribution < -0.4 is 113 Å². The summed E-state index contributed by atoms with van der Waals surface area (Å²) in [5.74, 6) is -0.550. The number of hydrogen-bond donors (Lipinski definition) is 1. The van der Waals surface area contributed by atoms with E-state index in [1.807, 2.05) is 71.4 Å². The van der Waals surface area contributed by atoms with Gasteiger partial charge in [-0.3, -0.25) is 14.9 Å². The van der Waals surface area contributed by atoms with E-state index in [-0.39, 0.29) is 129 Å². The van der Waals surface area contributed by atoms with Crippen molar-refractivity contribution >= 4 is 91.1 Å². The second kappa shape index (κ2) is 29.2. The molecule has 0 aliphatic carbocycles. The van der Waals surface area contributed by atoms with Crippen molar-refractivity contribution in [3.8, 4) is 0 Å². The second-order valence-electron chi connectivity index (χ2n) is 11.1. The van der Waals surface area contributed by atoms with Gasteiger partial charge < -0.3 is 30.5 Å². The van der Waals surface area contributed by atoms with Gasteiger partial charge in [0.2, 0.25) is 0 Å². The molecule has 0 aliphatic rings. The number of rotatable bonds is 8. The van der Waals surface area contributed by atoms with Crippen molar-refractivity contribution < 1.29 is 157 Å². The summed E-state index contributed by atoms with van der Waals surface area (Å²) in [5, 5.41) is 16.7. The maximum absolute atomic E-state index is 12.2. The topological polar surface area (TPSA) is 172 Å². The van der Waals surface area contributed by atoms with Crippen molar-refractivity contribution in [1.29, 1.82) is 0 Å². The minimum Gasteiger partial charge on any atom is -1.00 e. The first kappa shape index (κ1) is 54.1. The van der Waals surface area contributed by atoms with E-state index in [1.165, 1.54) is 33.3 Å². The Bertz CT molecular complexity index is 1480. The summed E-state index contributed by atoms with van der Waals surface area (Å²) in [5.41, 5.74) is -0.241. The number of carbonyl (C=O) groups is 5. The van der Waals surface area contributed by atoms with E-state index >= 15 is 0 Å². The molecule has 0 bridgehead atoms. The molecular weight excluding hydrogens is 858 g/mol. The molecule has 0 saturated carbocycles. The summed E-state index contributed by atoms with van der Waals surface area (Å²) >= 11 is 5.09. The molecule has 0 aliphatic heterocycles. The van der Waals surface area contributed by atoms with Gasteiger partial charge in [0.05, 0.1) is 19.6 Å². The molecule has 50 heavy (non-hydrogen) atoms. The van der Waals surface area contributed by atoms with Gasteiger partial charge in [-0.25, -0.2) is 19.0 Å². The van der Waals surface area contributed by atoms with Gasteiger partial charge in [0.1, 0.15) is 21.0 Å². The first-order chi connectivity index (χ1) is 22.4. The Kier molecular flexibility index (Phi) is 31.6. The van der Waals surface area contributed by atoms with E-state index in [9.17, 15) is 19.2 Å². The van der Waals surface area contributed by atoms with Crippen LogP contribution in [0.3, 0.4) is 0 Å². The average molecular weight is 903 g/mol. The summed E-state index contributed by atoms with van der Waals surface area (Å²) in [6, 6.07) is 3.84. The first-order valence-corrected chi connectivity index (χ1v) is 17.5. The Morgan fingerprint density at radius 2 is 1.50 bits per heavy atom. The van der Waals surface area contributed by atoms with Gasteiger partial charge in [-0.2, -0.15) is 0 Å². The van der Waals surface area contributed by atoms with Crippen LogP contribution in [0.2, 0.25) is 0 Å². The monoisotopic (exact) mass is 902 g/mol. The molecule has 1 N–H and O–H groups in total. The summed E-state index contributed by atoms with van der Waals surface area (Å²) in [4.78, 5) is 57.7. The van der Waals surface area contributed by atoms with Crippen LogP contribution >= 0.6 is 45.3 Å². The number of aromatic nitrogens is 1. The molecular formula is C32H45IK2N2O11S2. The molecule has 3 aromatic rings. The molecule has 1 amide bonds. The average Bonchev–Trinajstić information content (AvgIpc) is 3.69. The van der Waals surface area contributed by atoms with Gasteiger partial charge in [-0.05, 0) is 113 Å². The summed E-state index contributed by atoms with van der Waals surface area (Å²) in [7, 11) is 0. The number of hydrogen-bond acceptors (Lipinski definition) is 13. The van der Waals surface area contributed by atoms with E-state index in [0.717, 1.165) is 30.8 Å². The molecule has 3 rings (SSSR count). The number of ether oxygens (including phenoxy) is 4. The van der Waals surface area contributed by atoms with Crippen molar-refractivity contribution in [2.75, 3.05) is 18.5 Å². The summed E-state index contributed by atoms with van der Waals surface area (Å²) in [6.07, 6.45) is 5.06. The van der Waals surface area contributed by atoms with Crippen molar-refractivity contribution in [1.82, 2.24) is 4.57 Å². The van der Waals surface area contributed by atoms with Gasteiger partial charge >= 0.3 is 127 Å². The second-order valence-corrected chi connectivity index (χ2v) is 14.1. The zero-order valence-electron chi connectivity index (χ0n) is 31.6. The fourth-order valence-corrected chi connectivity index (χ4v) is 5.66. The van der Waals surface area contributed by atoms with E-state index in [0.29, 0.717) is 13.2 Å². The third-order valence-corrected chi connectivity index (χ3v) is 7.78. The fraction of sp³-hybridized carbons (Fsp3) is 0.469. The first-order valence-electron chi connectivity index (χ1n) is 14.7. The van der Waals surface area contributed by atoms with Crippen molar-refractivity contribution in [2.45, 2.75) is 86.4 Å². The van der Waals surface area contributed by atoms with Crippen LogP contribution in [0.15, 0.2) is 41.2 Å². The number of halogens is 1. The molecule has 270 valence electrons. The zero-order valence-corrected chi connectivity index (χ0v) is 40.6. The van der Waals surface area contributed by atoms with Crippen molar-refractivity contribution in [2.24, 2.45) is 0 Å². The molecule has 3 aromatic heterocycles. The molecule has 18 heteroatoms. The molecule has 0 unspecified atom stereocenters. The van der Waals surface area contributed by atoms with Gasteiger partial charge in [-0.15, -0.1) is 22.7 Å². The number of nitrogens with one attached hydrogen (secondary N) is 1. The van der Waals surface area contributed by atoms with Gasteiger partial charge in [0.25, 0.3) is 6.47 Å². The summed E-state index contributed by atoms with van der Waals surface area (Å²) < 4.78 is 22.6. The number of anilines is 1. The van der Waals surface area contributed by atoms with E-state index in [2.05, 4.69) is 37.5 Å². The van der Waals surface area contributed by atoms with Crippen molar-refractivity contribution in [3.63, 3.8) is 0 Å². The van der Waals surface area contributed by atoms with Crippen LogP contribution in [0, 0.1) is 3.57 Å². The van der Waals surface area contributed by atoms with E-state index < -0.39 is 23.4 Å². The Morgan fingerprint density at radius 1 is 0.940 bits per heavy atom. The van der Waals surface area contributed by atoms with Gasteiger partial charge in [0.15, 0.2) is 0 Å². The molecule has 0 atom stereocenters. The quantitative estimate of drug-likeness (QED) is 0.0507. The zero-order chi connectivity index (χ0) is 36.9. The van der Waals surface area contributed by atoms with Crippen LogP contribution in [0.5, 0.6) is 0 Å². The van der Waals surface area contributed by atoms with Crippen molar-refractivity contribution in [3.05, 3.63) is 50.4 Å². The predicted octanol–water partition coefficient (Wildman–Crippen LogP) is 1.36. The standard InChI is InChI=1S/C15H19NO4S.C9H12INO2S.C7H12O2.CH2O3.2K.H/c1-5-19-12(17)8-10-9-16(13-11(10)6-7-21-13)14(18)20-15(2,3)4;1-9(2,3)13-8(12)11-7-6(10)4-5-14-7;1-3-5-6-7(8)9-4-2;2-1-4-3;;;/h6-7,9H,5,8H2,1-4H3;4-5H,1-3H3,(H,11,12);5-6H,3-4H2,1-2H3;1,3H;;;/q;;;;2*+1;-1/p-1/b;;6-5+;;;;. The molecule has 0 spiro atoms. The minimum absolute atomic E-state index is 0. The summed E-state index contributed by atoms with van der Waals surface area (Å²) in [6.45, 7) is 17.1. The Morgan fingerprint density at radius 3 is 1.96 bits per heavy atom. The molecule has 0 aromatic carbocycles. The Balaban J connectivity index is -0.000000321. The largest absolute Gasteiger partial charge is 1.00 e. The van der Waals surface area contributed by atoms with Crippen LogP contribution in [-0.4, -0.2) is 59.6 Å². The molecule has 0 radical (unpaired) electrons. The number of nitrogens with zero attached hydrogens (tertiary/aromatic N) is 1. The SMILES string of the molecule is CC(C)(C)OC(=O)Nc1sccc1I.CC/C=C/C(=O)OCC.CCOC(=O)Cc1cn(C(=O)OC(C)(C)C)c2sccc12.O=CO[O-].[H-].[K+].[K+]. The smallest absolute Gasteiger partial charge is 1.00 e.